The van der Waals surface area contributed by atoms with Gasteiger partial charge >= 0.3 is 5.97 Å². The number of hydrogen-bond acceptors (Lipinski definition) is 4. The lowest BCUT2D eigenvalue weighted by Crippen LogP contribution is -2.30. The SMILES string of the molecule is O=C([O-])[C@@H]1O[C@H]1C(=O)O.[NH4+]. The van der Waals surface area contributed by atoms with Gasteiger partial charge in [-0.1, -0.05) is 0 Å². The second-order valence-corrected chi connectivity index (χ2v) is 1.63. The first kappa shape index (κ1) is 8.86. The van der Waals surface area contributed by atoms with Crippen LogP contribution in [0.25, 0.3) is 0 Å². The van der Waals surface area contributed by atoms with Gasteiger partial charge in [-0.15, -0.1) is 0 Å². The van der Waals surface area contributed by atoms with Gasteiger partial charge < -0.3 is 25.9 Å². The molecule has 6 heteroatoms. The molecule has 10 heavy (non-hydrogen) atoms. The maximum atomic E-state index is 9.86. The third-order valence-corrected chi connectivity index (χ3v) is 0.967. The Morgan fingerprint density at radius 1 is 1.40 bits per heavy atom. The highest BCUT2D eigenvalue weighted by atomic mass is 16.6. The second-order valence-electron chi connectivity index (χ2n) is 1.63. The van der Waals surface area contributed by atoms with Gasteiger partial charge in [0.05, 0.1) is 5.97 Å². The molecule has 0 radical (unpaired) electrons. The Labute approximate surface area is 56.0 Å². The molecule has 1 heterocycles. The normalized spacial score (nSPS) is 28.4. The van der Waals surface area contributed by atoms with Crippen LogP contribution in [0.4, 0.5) is 0 Å². The van der Waals surface area contributed by atoms with Gasteiger partial charge in [0.1, 0.15) is 6.10 Å². The summed E-state index contributed by atoms with van der Waals surface area (Å²) in [5.41, 5.74) is 0. The van der Waals surface area contributed by atoms with Crippen molar-refractivity contribution in [2.75, 3.05) is 0 Å². The smallest absolute Gasteiger partial charge is 0.336 e. The standard InChI is InChI=1S/C4H4O5.H3N/c5-3(6)1-2(9-1)4(7)8;/h1-2H,(H,5,6)(H,7,8);1H3/t1-,2-;/m1./s1. The van der Waals surface area contributed by atoms with Gasteiger partial charge in [-0.2, -0.15) is 0 Å². The van der Waals surface area contributed by atoms with Crippen LogP contribution in [0, 0.1) is 0 Å². The van der Waals surface area contributed by atoms with Gasteiger partial charge in [-0.25, -0.2) is 4.79 Å². The molecule has 1 aliphatic heterocycles. The first-order chi connectivity index (χ1) is 4.13. The van der Waals surface area contributed by atoms with Crippen LogP contribution >= 0.6 is 0 Å². The number of carbonyl (C=O) groups is 2. The van der Waals surface area contributed by atoms with Crippen molar-refractivity contribution >= 4 is 11.9 Å². The molecule has 1 fully saturated rings. The molecule has 0 aromatic rings. The minimum Gasteiger partial charge on any atom is -0.547 e. The van der Waals surface area contributed by atoms with E-state index >= 15 is 0 Å². The van der Waals surface area contributed by atoms with Crippen molar-refractivity contribution in [3.63, 3.8) is 0 Å². The first-order valence-corrected chi connectivity index (χ1v) is 2.22. The summed E-state index contributed by atoms with van der Waals surface area (Å²) in [6, 6.07) is 0. The van der Waals surface area contributed by atoms with Crippen LogP contribution in [0.15, 0.2) is 0 Å². The van der Waals surface area contributed by atoms with Crippen molar-refractivity contribution in [1.29, 1.82) is 0 Å². The summed E-state index contributed by atoms with van der Waals surface area (Å²) in [7, 11) is 0. The zero-order chi connectivity index (χ0) is 7.02. The highest BCUT2D eigenvalue weighted by molar-refractivity contribution is 5.86. The maximum absolute atomic E-state index is 9.86. The van der Waals surface area contributed by atoms with Crippen molar-refractivity contribution in [3.8, 4) is 0 Å². The molecular weight excluding hydrogens is 142 g/mol. The molecule has 2 atom stereocenters. The number of aliphatic carboxylic acids is 2. The van der Waals surface area contributed by atoms with Crippen molar-refractivity contribution < 1.29 is 24.5 Å². The highest BCUT2D eigenvalue weighted by Crippen LogP contribution is 2.20. The molecule has 0 saturated carbocycles. The number of hydrogen-bond donors (Lipinski definition) is 2. The Morgan fingerprint density at radius 2 is 1.90 bits per heavy atom. The zero-order valence-electron chi connectivity index (χ0n) is 5.23. The van der Waals surface area contributed by atoms with Crippen LogP contribution in [0.1, 0.15) is 0 Å². The van der Waals surface area contributed by atoms with Crippen LogP contribution in [0.5, 0.6) is 0 Å². The predicted molar refractivity (Wildman–Crippen MR) is 27.3 cm³/mol. The van der Waals surface area contributed by atoms with Gasteiger partial charge in [0.25, 0.3) is 0 Å². The minimum atomic E-state index is -1.47. The topological polar surface area (TPSA) is 126 Å². The van der Waals surface area contributed by atoms with Crippen LogP contribution in [0.3, 0.4) is 0 Å². The molecule has 0 amide bonds. The maximum Gasteiger partial charge on any atom is 0.336 e. The molecule has 5 N–H and O–H groups in total. The monoisotopic (exact) mass is 149 g/mol. The Morgan fingerprint density at radius 3 is 2.00 bits per heavy atom. The van der Waals surface area contributed by atoms with Crippen molar-refractivity contribution in [1.82, 2.24) is 6.15 Å². The van der Waals surface area contributed by atoms with E-state index in [9.17, 15) is 14.7 Å². The number of epoxide rings is 1. The predicted octanol–water partition coefficient (Wildman–Crippen LogP) is -2.04. The Balaban J connectivity index is 0.000000810. The van der Waals surface area contributed by atoms with E-state index < -0.39 is 24.1 Å². The molecule has 0 aliphatic carbocycles. The minimum absolute atomic E-state index is 0. The quantitative estimate of drug-likeness (QED) is 0.437. The van der Waals surface area contributed by atoms with Crippen LogP contribution in [-0.4, -0.2) is 29.3 Å². The summed E-state index contributed by atoms with van der Waals surface area (Å²) >= 11 is 0. The van der Waals surface area contributed by atoms with Crippen molar-refractivity contribution in [3.05, 3.63) is 0 Å². The van der Waals surface area contributed by atoms with E-state index in [4.69, 9.17) is 5.11 Å². The van der Waals surface area contributed by atoms with E-state index in [0.717, 1.165) is 0 Å². The Bertz CT molecular complexity index is 149. The molecule has 0 bridgehead atoms. The molecule has 58 valence electrons. The fourth-order valence-corrected chi connectivity index (χ4v) is 0.479. The van der Waals surface area contributed by atoms with Crippen molar-refractivity contribution in [2.45, 2.75) is 12.2 Å². The van der Waals surface area contributed by atoms with Crippen LogP contribution in [0.2, 0.25) is 0 Å². The Kier molecular flexibility index (Phi) is 2.33. The summed E-state index contributed by atoms with van der Waals surface area (Å²) in [6.45, 7) is 0. The number of ether oxygens (including phenoxy) is 1. The molecule has 0 spiro atoms. The number of quaternary nitrogens is 1. The number of carboxylic acid groups (broad SMARTS) is 2. The molecule has 1 saturated heterocycles. The number of carbonyl (C=O) groups excluding carboxylic acids is 1. The van der Waals surface area contributed by atoms with E-state index in [1.54, 1.807) is 0 Å². The lowest BCUT2D eigenvalue weighted by atomic mass is 10.3. The van der Waals surface area contributed by atoms with Gasteiger partial charge in [-0.05, 0) is 0 Å². The van der Waals surface area contributed by atoms with Crippen LogP contribution < -0.4 is 11.3 Å². The van der Waals surface area contributed by atoms with Crippen molar-refractivity contribution in [2.24, 2.45) is 0 Å². The van der Waals surface area contributed by atoms with Gasteiger partial charge in [0, 0.05) is 0 Å². The van der Waals surface area contributed by atoms with Gasteiger partial charge in [0.2, 0.25) is 0 Å². The molecule has 0 aromatic carbocycles. The lowest BCUT2D eigenvalue weighted by molar-refractivity contribution is -0.307. The average Bonchev–Trinajstić information content (AvgIpc) is 2.39. The average molecular weight is 149 g/mol. The first-order valence-electron chi connectivity index (χ1n) is 2.22. The number of carboxylic acids is 2. The summed E-state index contributed by atoms with van der Waals surface area (Å²) in [5.74, 6) is -2.73. The summed E-state index contributed by atoms with van der Waals surface area (Å²) in [4.78, 5) is 19.6. The molecule has 0 unspecified atom stereocenters. The third-order valence-electron chi connectivity index (χ3n) is 0.967. The van der Waals surface area contributed by atoms with E-state index in [-0.39, 0.29) is 6.15 Å². The number of rotatable bonds is 2. The lowest BCUT2D eigenvalue weighted by Gasteiger charge is -1.89. The van der Waals surface area contributed by atoms with Crippen LogP contribution in [-0.2, 0) is 14.3 Å². The zero-order valence-corrected chi connectivity index (χ0v) is 5.23. The summed E-state index contributed by atoms with van der Waals surface area (Å²) in [6.07, 6.45) is -2.42. The summed E-state index contributed by atoms with van der Waals surface area (Å²) < 4.78 is 4.18. The molecule has 0 aromatic heterocycles. The van der Waals surface area contributed by atoms with Gasteiger partial charge in [-0.3, -0.25) is 0 Å². The highest BCUT2D eigenvalue weighted by Gasteiger charge is 2.46. The molecular formula is C4H7NO5. The molecule has 1 rings (SSSR count). The third kappa shape index (κ3) is 1.42. The summed E-state index contributed by atoms with van der Waals surface area (Å²) in [5, 5.41) is 17.8. The van der Waals surface area contributed by atoms with E-state index in [1.165, 1.54) is 0 Å². The molecule has 6 nitrogen and oxygen atoms in total. The largest absolute Gasteiger partial charge is 0.547 e. The molecule has 1 aliphatic rings. The van der Waals surface area contributed by atoms with E-state index in [2.05, 4.69) is 4.74 Å². The van der Waals surface area contributed by atoms with Gasteiger partial charge in [0.15, 0.2) is 6.10 Å². The fraction of sp³-hybridized carbons (Fsp3) is 0.500. The van der Waals surface area contributed by atoms with E-state index in [0.29, 0.717) is 0 Å². The Hall–Kier alpha value is -1.14. The van der Waals surface area contributed by atoms with E-state index in [1.807, 2.05) is 0 Å². The fourth-order valence-electron chi connectivity index (χ4n) is 0.479. The second kappa shape index (κ2) is 2.63.